The summed E-state index contributed by atoms with van der Waals surface area (Å²) in [7, 11) is 0. The Hall–Kier alpha value is -6.50. The lowest BCUT2D eigenvalue weighted by Crippen LogP contribution is -1.85. The first-order valence-electron chi connectivity index (χ1n) is 17.1. The molecule has 0 aliphatic heterocycles. The van der Waals surface area contributed by atoms with Crippen LogP contribution in [0.2, 0.25) is 0 Å². The molecular weight excluding hydrogens is 601 g/mol. The predicted octanol–water partition coefficient (Wildman–Crippen LogP) is 14.0. The maximum Gasteiger partial charge on any atom is -0.00990 e. The average Bonchev–Trinajstić information content (AvgIpc) is 3.22. The molecule has 0 aliphatic carbocycles. The van der Waals surface area contributed by atoms with Crippen molar-refractivity contribution in [3.8, 4) is 44.5 Å². The first-order valence-corrected chi connectivity index (χ1v) is 17.1. The number of rotatable bonds is 4. The van der Waals surface area contributed by atoms with E-state index in [0.29, 0.717) is 0 Å². The van der Waals surface area contributed by atoms with Crippen molar-refractivity contribution in [2.45, 2.75) is 0 Å². The van der Waals surface area contributed by atoms with Crippen LogP contribution in [0.15, 0.2) is 231 Å². The molecule has 0 saturated carbocycles. The highest BCUT2D eigenvalue weighted by Crippen LogP contribution is 2.35. The maximum absolute atomic E-state index is 2.33. The lowest BCUT2D eigenvalue weighted by Gasteiger charge is -2.12. The Kier molecular flexibility index (Phi) is 10.3. The van der Waals surface area contributed by atoms with Gasteiger partial charge in [-0.3, -0.25) is 0 Å². The molecule has 0 spiro atoms. The normalized spacial score (nSPS) is 10.4. The van der Waals surface area contributed by atoms with Gasteiger partial charge in [-0.2, -0.15) is 0 Å². The molecule has 9 aromatic rings. The van der Waals surface area contributed by atoms with Gasteiger partial charge in [-0.15, -0.1) is 0 Å². The molecule has 0 nitrogen and oxygen atoms in total. The minimum atomic E-state index is 1.26. The van der Waals surface area contributed by atoms with E-state index >= 15 is 0 Å². The maximum atomic E-state index is 2.33. The molecule has 0 fully saturated rings. The fourth-order valence-electron chi connectivity index (χ4n) is 6.31. The zero-order valence-electron chi connectivity index (χ0n) is 27.9. The van der Waals surface area contributed by atoms with E-state index in [2.05, 4.69) is 206 Å². The van der Waals surface area contributed by atoms with E-state index in [0.717, 1.165) is 0 Å². The van der Waals surface area contributed by atoms with Crippen molar-refractivity contribution in [1.29, 1.82) is 0 Å². The highest BCUT2D eigenvalue weighted by atomic mass is 14.1. The lowest BCUT2D eigenvalue weighted by molar-refractivity contribution is 1.62. The van der Waals surface area contributed by atoms with E-state index in [9.17, 15) is 0 Å². The minimum Gasteiger partial charge on any atom is -0.0622 e. The second kappa shape index (κ2) is 16.1. The van der Waals surface area contributed by atoms with Crippen LogP contribution in [0.3, 0.4) is 0 Å². The summed E-state index contributed by atoms with van der Waals surface area (Å²) in [5, 5.41) is 5.16. The van der Waals surface area contributed by atoms with E-state index in [-0.39, 0.29) is 0 Å². The van der Waals surface area contributed by atoms with Crippen molar-refractivity contribution in [2.75, 3.05) is 0 Å². The van der Waals surface area contributed by atoms with Gasteiger partial charge in [-0.25, -0.2) is 0 Å². The van der Waals surface area contributed by atoms with Crippen LogP contribution in [0.4, 0.5) is 0 Å². The largest absolute Gasteiger partial charge is 0.0622 e. The van der Waals surface area contributed by atoms with Crippen LogP contribution in [-0.4, -0.2) is 0 Å². The second-order valence-corrected chi connectivity index (χ2v) is 12.1. The van der Waals surface area contributed by atoms with Crippen LogP contribution >= 0.6 is 0 Å². The van der Waals surface area contributed by atoms with Crippen LogP contribution in [-0.2, 0) is 0 Å². The highest BCUT2D eigenvalue weighted by Gasteiger charge is 2.08. The van der Waals surface area contributed by atoms with Gasteiger partial charge in [-0.1, -0.05) is 218 Å². The van der Waals surface area contributed by atoms with Crippen LogP contribution in [0.5, 0.6) is 0 Å². The quantitative estimate of drug-likeness (QED) is 0.168. The van der Waals surface area contributed by atoms with Crippen molar-refractivity contribution < 1.29 is 0 Å². The molecule has 9 rings (SSSR count). The molecule has 50 heavy (non-hydrogen) atoms. The lowest BCUT2D eigenvalue weighted by atomic mass is 9.92. The molecular formula is C50H38. The van der Waals surface area contributed by atoms with Crippen LogP contribution in [0, 0.1) is 0 Å². The Bertz CT molecular complexity index is 2120. The summed E-state index contributed by atoms with van der Waals surface area (Å²) < 4.78 is 0. The van der Waals surface area contributed by atoms with Gasteiger partial charge < -0.3 is 0 Å². The molecule has 0 radical (unpaired) electrons. The molecule has 238 valence electrons. The fraction of sp³-hybridized carbons (Fsp3) is 0. The molecule has 0 heteroatoms. The summed E-state index contributed by atoms with van der Waals surface area (Å²) in [6, 6.07) is 80.6. The Morgan fingerprint density at radius 2 is 0.420 bits per heavy atom. The minimum absolute atomic E-state index is 1.26. The van der Waals surface area contributed by atoms with Gasteiger partial charge in [0.15, 0.2) is 0 Å². The van der Waals surface area contributed by atoms with Crippen molar-refractivity contribution in [1.82, 2.24) is 0 Å². The average molecular weight is 639 g/mol. The zero-order chi connectivity index (χ0) is 33.8. The van der Waals surface area contributed by atoms with E-state index in [1.165, 1.54) is 66.1 Å². The third-order valence-corrected chi connectivity index (χ3v) is 8.81. The van der Waals surface area contributed by atoms with E-state index in [4.69, 9.17) is 0 Å². The van der Waals surface area contributed by atoms with Crippen molar-refractivity contribution in [2.24, 2.45) is 0 Å². The fourth-order valence-corrected chi connectivity index (χ4v) is 6.31. The van der Waals surface area contributed by atoms with E-state index < -0.39 is 0 Å². The van der Waals surface area contributed by atoms with Gasteiger partial charge >= 0.3 is 0 Å². The molecule has 0 amide bonds. The molecule has 0 saturated heterocycles. The SMILES string of the molecule is c1ccc(-c2cccc3cc4c(-c5ccccc5)cccc4cc23)cc1.c1ccc(-c2ccccc2)cc1.c1ccc(-c2ccccc2)cc1. The summed E-state index contributed by atoms with van der Waals surface area (Å²) in [6.45, 7) is 0. The van der Waals surface area contributed by atoms with Gasteiger partial charge in [0.2, 0.25) is 0 Å². The second-order valence-electron chi connectivity index (χ2n) is 12.1. The van der Waals surface area contributed by atoms with Crippen molar-refractivity contribution >= 4 is 21.5 Å². The van der Waals surface area contributed by atoms with Crippen LogP contribution < -0.4 is 0 Å². The number of fused-ring (bicyclic) bond motifs is 2. The van der Waals surface area contributed by atoms with Gasteiger partial charge in [0.1, 0.15) is 0 Å². The molecule has 0 heterocycles. The topological polar surface area (TPSA) is 0 Å². The van der Waals surface area contributed by atoms with Gasteiger partial charge in [0.05, 0.1) is 0 Å². The van der Waals surface area contributed by atoms with Crippen molar-refractivity contribution in [3.63, 3.8) is 0 Å². The molecule has 0 aromatic heterocycles. The van der Waals surface area contributed by atoms with Crippen molar-refractivity contribution in [3.05, 3.63) is 231 Å². The molecule has 9 aromatic carbocycles. The summed E-state index contributed by atoms with van der Waals surface area (Å²) in [6.07, 6.45) is 0. The highest BCUT2D eigenvalue weighted by molar-refractivity contribution is 6.09. The monoisotopic (exact) mass is 638 g/mol. The van der Waals surface area contributed by atoms with Crippen LogP contribution in [0.25, 0.3) is 66.1 Å². The van der Waals surface area contributed by atoms with Crippen LogP contribution in [0.1, 0.15) is 0 Å². The molecule has 0 N–H and O–H groups in total. The number of hydrogen-bond donors (Lipinski definition) is 0. The smallest absolute Gasteiger partial charge is 0.00990 e. The first-order chi connectivity index (χ1) is 24.8. The molecule has 0 unspecified atom stereocenters. The Morgan fingerprint density at radius 1 is 0.180 bits per heavy atom. The first kappa shape index (κ1) is 32.1. The van der Waals surface area contributed by atoms with Gasteiger partial charge in [0.25, 0.3) is 0 Å². The zero-order valence-corrected chi connectivity index (χ0v) is 27.9. The summed E-state index contributed by atoms with van der Waals surface area (Å²) in [5.41, 5.74) is 10.2. The number of hydrogen-bond acceptors (Lipinski definition) is 0. The molecule has 0 atom stereocenters. The Labute approximate surface area is 295 Å². The summed E-state index contributed by atoms with van der Waals surface area (Å²) >= 11 is 0. The standard InChI is InChI=1S/C26H18.2C12H10/c1-3-9-19(10-4-1)23-15-7-13-21-18-26-22(17-25(21)23)14-8-16-24(26)20-11-5-2-6-12-20;2*1-3-7-11(8-4-1)12-9-5-2-6-10-12/h1-18H;2*1-10H. The number of benzene rings is 9. The third-order valence-electron chi connectivity index (χ3n) is 8.81. The molecule has 0 aliphatic rings. The Morgan fingerprint density at radius 3 is 0.680 bits per heavy atom. The third kappa shape index (κ3) is 7.79. The molecule has 0 bridgehead atoms. The summed E-state index contributed by atoms with van der Waals surface area (Å²) in [4.78, 5) is 0. The van der Waals surface area contributed by atoms with Gasteiger partial charge in [0, 0.05) is 0 Å². The summed E-state index contributed by atoms with van der Waals surface area (Å²) in [5.74, 6) is 0. The van der Waals surface area contributed by atoms with E-state index in [1.54, 1.807) is 0 Å². The van der Waals surface area contributed by atoms with Gasteiger partial charge in [-0.05, 0) is 78.2 Å². The predicted molar refractivity (Wildman–Crippen MR) is 216 cm³/mol. The van der Waals surface area contributed by atoms with E-state index in [1.807, 2.05) is 24.3 Å². The Balaban J connectivity index is 0.000000135.